The first-order valence-electron chi connectivity index (χ1n) is 8.60. The Kier molecular flexibility index (Phi) is 6.65. The molecular weight excluding hydrogens is 376 g/mol. The molecule has 0 bridgehead atoms. The van der Waals surface area contributed by atoms with E-state index >= 15 is 0 Å². The number of carbonyl (C=O) groups is 1. The molecule has 6 heteroatoms. The van der Waals surface area contributed by atoms with Gasteiger partial charge in [-0.3, -0.25) is 4.79 Å². The quantitative estimate of drug-likeness (QED) is 0.467. The second kappa shape index (κ2) is 9.58. The molecule has 3 aromatic carbocycles. The van der Waals surface area contributed by atoms with Crippen LogP contribution in [0.5, 0.6) is 11.5 Å². The van der Waals surface area contributed by atoms with Crippen molar-refractivity contribution in [1.82, 2.24) is 5.43 Å². The molecule has 3 aromatic rings. The Labute approximate surface area is 168 Å². The number of hydrazone groups is 1. The lowest BCUT2D eigenvalue weighted by Gasteiger charge is -2.13. The van der Waals surface area contributed by atoms with Crippen LogP contribution in [0.2, 0.25) is 5.02 Å². The maximum absolute atomic E-state index is 12.0. The first kappa shape index (κ1) is 19.5. The number of carbonyl (C=O) groups excluding carboxylic acids is 1. The molecule has 0 aliphatic heterocycles. The van der Waals surface area contributed by atoms with E-state index in [4.69, 9.17) is 21.1 Å². The van der Waals surface area contributed by atoms with Crippen molar-refractivity contribution in [1.29, 1.82) is 0 Å². The van der Waals surface area contributed by atoms with Gasteiger partial charge in [0.25, 0.3) is 5.91 Å². The molecule has 3 rings (SSSR count). The van der Waals surface area contributed by atoms with Gasteiger partial charge in [0.2, 0.25) is 0 Å². The van der Waals surface area contributed by atoms with Gasteiger partial charge in [-0.1, -0.05) is 60.1 Å². The summed E-state index contributed by atoms with van der Waals surface area (Å²) in [6.07, 6.45) is 1.50. The van der Waals surface area contributed by atoms with Crippen LogP contribution in [0.25, 0.3) is 0 Å². The number of nitrogens with one attached hydrogen (secondary N) is 1. The summed E-state index contributed by atoms with van der Waals surface area (Å²) in [6, 6.07) is 22.1. The molecule has 0 fully saturated rings. The van der Waals surface area contributed by atoms with E-state index in [1.807, 2.05) is 36.4 Å². The Morgan fingerprint density at radius 1 is 1.07 bits per heavy atom. The number of methoxy groups -OCH3 is 1. The first-order valence-corrected chi connectivity index (χ1v) is 8.98. The minimum absolute atomic E-state index is 0.294. The van der Waals surface area contributed by atoms with Crippen molar-refractivity contribution in [3.05, 3.63) is 94.5 Å². The largest absolute Gasteiger partial charge is 0.493 e. The zero-order valence-corrected chi connectivity index (χ0v) is 16.0. The van der Waals surface area contributed by atoms with Crippen LogP contribution in [0.1, 0.15) is 21.5 Å². The van der Waals surface area contributed by atoms with Gasteiger partial charge in [-0.25, -0.2) is 5.43 Å². The van der Waals surface area contributed by atoms with Crippen LogP contribution in [-0.4, -0.2) is 19.2 Å². The molecule has 5 nitrogen and oxygen atoms in total. The normalized spacial score (nSPS) is 10.6. The van der Waals surface area contributed by atoms with E-state index in [1.165, 1.54) is 6.21 Å². The molecule has 1 N–H and O–H groups in total. The van der Waals surface area contributed by atoms with E-state index in [0.29, 0.717) is 34.3 Å². The predicted octanol–water partition coefficient (Wildman–Crippen LogP) is 4.69. The summed E-state index contributed by atoms with van der Waals surface area (Å²) in [5.74, 6) is 0.649. The van der Waals surface area contributed by atoms with E-state index < -0.39 is 0 Å². The minimum atomic E-state index is -0.294. The van der Waals surface area contributed by atoms with E-state index in [2.05, 4.69) is 10.5 Å². The number of hydrogen-bond donors (Lipinski definition) is 1. The molecule has 0 radical (unpaired) electrons. The van der Waals surface area contributed by atoms with Gasteiger partial charge in [-0.05, 0) is 35.4 Å². The summed E-state index contributed by atoms with van der Waals surface area (Å²) >= 11 is 6.36. The van der Waals surface area contributed by atoms with Crippen LogP contribution in [0.15, 0.2) is 77.9 Å². The first-order chi connectivity index (χ1) is 13.7. The lowest BCUT2D eigenvalue weighted by atomic mass is 10.2. The van der Waals surface area contributed by atoms with E-state index in [1.54, 1.807) is 43.5 Å². The Morgan fingerprint density at radius 3 is 2.43 bits per heavy atom. The van der Waals surface area contributed by atoms with Gasteiger partial charge in [-0.15, -0.1) is 0 Å². The van der Waals surface area contributed by atoms with Crippen molar-refractivity contribution in [2.75, 3.05) is 7.11 Å². The third kappa shape index (κ3) is 5.11. The molecule has 0 saturated heterocycles. The summed E-state index contributed by atoms with van der Waals surface area (Å²) < 4.78 is 11.2. The molecule has 0 atom stereocenters. The Morgan fingerprint density at radius 2 is 1.75 bits per heavy atom. The van der Waals surface area contributed by atoms with Crippen molar-refractivity contribution < 1.29 is 14.3 Å². The van der Waals surface area contributed by atoms with Crippen LogP contribution >= 0.6 is 11.6 Å². The Balaban J connectivity index is 1.69. The molecule has 0 aromatic heterocycles. The summed E-state index contributed by atoms with van der Waals surface area (Å²) in [7, 11) is 1.54. The van der Waals surface area contributed by atoms with Crippen LogP contribution < -0.4 is 14.9 Å². The predicted molar refractivity (Wildman–Crippen MR) is 110 cm³/mol. The van der Waals surface area contributed by atoms with Gasteiger partial charge in [-0.2, -0.15) is 5.10 Å². The van der Waals surface area contributed by atoms with Crippen molar-refractivity contribution in [2.45, 2.75) is 6.61 Å². The molecular formula is C22H19ClN2O3. The third-order valence-corrected chi connectivity index (χ3v) is 4.17. The van der Waals surface area contributed by atoms with Crippen molar-refractivity contribution >= 4 is 23.7 Å². The molecule has 28 heavy (non-hydrogen) atoms. The standard InChI is InChI=1S/C22H19ClN2O3/c1-27-20-13-17(14-24-25-22(26)18-10-6-3-7-11-18)12-19(23)21(20)28-15-16-8-4-2-5-9-16/h2-14H,15H2,1H3,(H,25,26)/b24-14+. The molecule has 142 valence electrons. The Bertz CT molecular complexity index is 960. The average Bonchev–Trinajstić information content (AvgIpc) is 2.74. The second-order valence-corrected chi connectivity index (χ2v) is 6.28. The zero-order chi connectivity index (χ0) is 19.8. The fraction of sp³-hybridized carbons (Fsp3) is 0.0909. The maximum atomic E-state index is 12.0. The number of amides is 1. The monoisotopic (exact) mass is 394 g/mol. The molecule has 1 amide bonds. The fourth-order valence-corrected chi connectivity index (χ4v) is 2.78. The number of rotatable bonds is 7. The third-order valence-electron chi connectivity index (χ3n) is 3.89. The molecule has 0 heterocycles. The number of ether oxygens (including phenoxy) is 2. The molecule has 0 spiro atoms. The van der Waals surface area contributed by atoms with Gasteiger partial charge < -0.3 is 9.47 Å². The number of benzene rings is 3. The summed E-state index contributed by atoms with van der Waals surface area (Å²) in [5, 5.41) is 4.37. The van der Waals surface area contributed by atoms with Crippen molar-refractivity contribution in [3.8, 4) is 11.5 Å². The van der Waals surface area contributed by atoms with Crippen LogP contribution in [0, 0.1) is 0 Å². The minimum Gasteiger partial charge on any atom is -0.493 e. The molecule has 0 aliphatic carbocycles. The smallest absolute Gasteiger partial charge is 0.271 e. The maximum Gasteiger partial charge on any atom is 0.271 e. The highest BCUT2D eigenvalue weighted by molar-refractivity contribution is 6.32. The second-order valence-electron chi connectivity index (χ2n) is 5.87. The zero-order valence-electron chi connectivity index (χ0n) is 15.3. The fourth-order valence-electron chi connectivity index (χ4n) is 2.50. The van der Waals surface area contributed by atoms with Crippen molar-refractivity contribution in [2.24, 2.45) is 5.10 Å². The van der Waals surface area contributed by atoms with Crippen molar-refractivity contribution in [3.63, 3.8) is 0 Å². The molecule has 0 aliphatic rings. The van der Waals surface area contributed by atoms with Crippen LogP contribution in [0.3, 0.4) is 0 Å². The summed E-state index contributed by atoms with van der Waals surface area (Å²) in [4.78, 5) is 12.0. The van der Waals surface area contributed by atoms with E-state index in [9.17, 15) is 4.79 Å². The molecule has 0 saturated carbocycles. The van der Waals surface area contributed by atoms with Crippen LogP contribution in [0.4, 0.5) is 0 Å². The highest BCUT2D eigenvalue weighted by atomic mass is 35.5. The highest BCUT2D eigenvalue weighted by Crippen LogP contribution is 2.36. The van der Waals surface area contributed by atoms with Gasteiger partial charge >= 0.3 is 0 Å². The van der Waals surface area contributed by atoms with Crippen LogP contribution in [-0.2, 0) is 6.61 Å². The Hall–Kier alpha value is -3.31. The van der Waals surface area contributed by atoms with Gasteiger partial charge in [0, 0.05) is 5.56 Å². The summed E-state index contributed by atoms with van der Waals surface area (Å²) in [5.41, 5.74) is 4.70. The van der Waals surface area contributed by atoms with E-state index in [-0.39, 0.29) is 5.91 Å². The number of halogens is 1. The van der Waals surface area contributed by atoms with E-state index in [0.717, 1.165) is 5.56 Å². The number of nitrogens with zero attached hydrogens (tertiary/aromatic N) is 1. The number of hydrogen-bond acceptors (Lipinski definition) is 4. The highest BCUT2D eigenvalue weighted by Gasteiger charge is 2.12. The topological polar surface area (TPSA) is 59.9 Å². The van der Waals surface area contributed by atoms with Gasteiger partial charge in [0.1, 0.15) is 6.61 Å². The van der Waals surface area contributed by atoms with Gasteiger partial charge in [0.15, 0.2) is 11.5 Å². The SMILES string of the molecule is COc1cc(/C=N/NC(=O)c2ccccc2)cc(Cl)c1OCc1ccccc1. The average molecular weight is 395 g/mol. The lowest BCUT2D eigenvalue weighted by molar-refractivity contribution is 0.0955. The molecule has 0 unspecified atom stereocenters. The summed E-state index contributed by atoms with van der Waals surface area (Å²) in [6.45, 7) is 0.373. The van der Waals surface area contributed by atoms with Gasteiger partial charge in [0.05, 0.1) is 18.3 Å². The lowest BCUT2D eigenvalue weighted by Crippen LogP contribution is -2.17.